The van der Waals surface area contributed by atoms with Gasteiger partial charge < -0.3 is 19.7 Å². The first-order valence-corrected chi connectivity index (χ1v) is 8.38. The van der Waals surface area contributed by atoms with E-state index in [2.05, 4.69) is 11.4 Å². The van der Waals surface area contributed by atoms with Crippen molar-refractivity contribution < 1.29 is 19.1 Å². The Hall–Kier alpha value is -2.08. The number of ether oxygens (including phenoxy) is 2. The first kappa shape index (κ1) is 18.3. The molecule has 2 amide bonds. The van der Waals surface area contributed by atoms with Crippen LogP contribution in [-0.2, 0) is 14.3 Å². The minimum Gasteiger partial charge on any atom is -0.491 e. The van der Waals surface area contributed by atoms with E-state index in [9.17, 15) is 9.59 Å². The van der Waals surface area contributed by atoms with Crippen LogP contribution in [-0.4, -0.2) is 56.2 Å². The number of carbonyl (C=O) groups excluding carboxylic acids is 2. The molecule has 1 aliphatic rings. The van der Waals surface area contributed by atoms with Gasteiger partial charge in [0, 0.05) is 25.9 Å². The Bertz CT molecular complexity index is 568. The second-order valence-electron chi connectivity index (χ2n) is 5.96. The molecule has 0 atom stereocenters. The van der Waals surface area contributed by atoms with Crippen molar-refractivity contribution in [2.24, 2.45) is 0 Å². The van der Waals surface area contributed by atoms with Gasteiger partial charge in [-0.05, 0) is 25.5 Å². The molecule has 1 heterocycles. The summed E-state index contributed by atoms with van der Waals surface area (Å²) in [7, 11) is 0. The molecule has 6 nitrogen and oxygen atoms in total. The number of hydrogen-bond acceptors (Lipinski definition) is 4. The maximum Gasteiger partial charge on any atom is 0.223 e. The third-order valence-corrected chi connectivity index (χ3v) is 3.94. The minimum atomic E-state index is -0.124. The van der Waals surface area contributed by atoms with E-state index in [1.165, 1.54) is 5.56 Å². The summed E-state index contributed by atoms with van der Waals surface area (Å²) in [6.45, 7) is 7.26. The van der Waals surface area contributed by atoms with Gasteiger partial charge in [0.15, 0.2) is 0 Å². The van der Waals surface area contributed by atoms with Crippen molar-refractivity contribution in [2.75, 3.05) is 39.5 Å². The van der Waals surface area contributed by atoms with Gasteiger partial charge in [-0.2, -0.15) is 0 Å². The number of morpholine rings is 1. The molecular formula is C18H26N2O4. The Labute approximate surface area is 143 Å². The third-order valence-electron chi connectivity index (χ3n) is 3.94. The molecule has 132 valence electrons. The largest absolute Gasteiger partial charge is 0.491 e. The topological polar surface area (TPSA) is 67.9 Å². The van der Waals surface area contributed by atoms with Crippen molar-refractivity contribution in [3.8, 4) is 5.75 Å². The Balaban J connectivity index is 1.60. The number of nitrogens with zero attached hydrogens (tertiary/aromatic N) is 1. The molecule has 1 aliphatic heterocycles. The first-order valence-electron chi connectivity index (χ1n) is 8.38. The fourth-order valence-corrected chi connectivity index (χ4v) is 2.59. The van der Waals surface area contributed by atoms with Crippen molar-refractivity contribution in [2.45, 2.75) is 26.7 Å². The number of carbonyl (C=O) groups is 2. The van der Waals surface area contributed by atoms with Crippen LogP contribution in [0.3, 0.4) is 0 Å². The summed E-state index contributed by atoms with van der Waals surface area (Å²) in [6, 6.07) is 6.00. The molecule has 1 fully saturated rings. The molecule has 24 heavy (non-hydrogen) atoms. The summed E-state index contributed by atoms with van der Waals surface area (Å²) in [5, 5.41) is 2.78. The Morgan fingerprint density at radius 1 is 1.21 bits per heavy atom. The van der Waals surface area contributed by atoms with Gasteiger partial charge in [-0.15, -0.1) is 0 Å². The van der Waals surface area contributed by atoms with Crippen LogP contribution in [0.4, 0.5) is 0 Å². The Morgan fingerprint density at radius 2 is 1.96 bits per heavy atom. The SMILES string of the molecule is Cc1ccc(OCCNC(=O)CCC(=O)N2CCOCC2)c(C)c1. The zero-order chi connectivity index (χ0) is 17.4. The lowest BCUT2D eigenvalue weighted by molar-refractivity contribution is -0.137. The molecule has 0 saturated carbocycles. The molecular weight excluding hydrogens is 308 g/mol. The van der Waals surface area contributed by atoms with Crippen LogP contribution in [0.1, 0.15) is 24.0 Å². The summed E-state index contributed by atoms with van der Waals surface area (Å²) >= 11 is 0. The highest BCUT2D eigenvalue weighted by Crippen LogP contribution is 2.18. The molecule has 0 aliphatic carbocycles. The fraction of sp³-hybridized carbons (Fsp3) is 0.556. The van der Waals surface area contributed by atoms with Gasteiger partial charge in [-0.25, -0.2) is 0 Å². The summed E-state index contributed by atoms with van der Waals surface area (Å²) in [5.41, 5.74) is 2.27. The smallest absolute Gasteiger partial charge is 0.223 e. The lowest BCUT2D eigenvalue weighted by Crippen LogP contribution is -2.41. The maximum absolute atomic E-state index is 11.9. The number of benzene rings is 1. The molecule has 1 aromatic rings. The van der Waals surface area contributed by atoms with E-state index < -0.39 is 0 Å². The molecule has 0 radical (unpaired) electrons. The zero-order valence-electron chi connectivity index (χ0n) is 14.5. The van der Waals surface area contributed by atoms with Gasteiger partial charge in [0.25, 0.3) is 0 Å². The normalized spacial score (nSPS) is 14.3. The third kappa shape index (κ3) is 5.85. The van der Waals surface area contributed by atoms with Crippen molar-refractivity contribution in [3.05, 3.63) is 29.3 Å². The summed E-state index contributed by atoms with van der Waals surface area (Å²) in [6.07, 6.45) is 0.448. The molecule has 0 aromatic heterocycles. The molecule has 1 aromatic carbocycles. The van der Waals surface area contributed by atoms with Crippen LogP contribution in [0.2, 0.25) is 0 Å². The van der Waals surface area contributed by atoms with Crippen molar-refractivity contribution in [3.63, 3.8) is 0 Å². The van der Waals surface area contributed by atoms with E-state index in [1.54, 1.807) is 4.90 Å². The Kier molecular flexibility index (Phi) is 7.06. The van der Waals surface area contributed by atoms with E-state index in [4.69, 9.17) is 9.47 Å². The van der Waals surface area contributed by atoms with Gasteiger partial charge in [0.2, 0.25) is 11.8 Å². The van der Waals surface area contributed by atoms with Crippen LogP contribution in [0.5, 0.6) is 5.75 Å². The predicted octanol–water partition coefficient (Wildman–Crippen LogP) is 1.44. The lowest BCUT2D eigenvalue weighted by Gasteiger charge is -2.26. The van der Waals surface area contributed by atoms with Crippen molar-refractivity contribution >= 4 is 11.8 Å². The van der Waals surface area contributed by atoms with E-state index in [1.807, 2.05) is 26.0 Å². The second kappa shape index (κ2) is 9.27. The number of nitrogens with one attached hydrogen (secondary N) is 1. The lowest BCUT2D eigenvalue weighted by atomic mass is 10.1. The zero-order valence-corrected chi connectivity index (χ0v) is 14.5. The van der Waals surface area contributed by atoms with Gasteiger partial charge in [-0.1, -0.05) is 17.7 Å². The number of aryl methyl sites for hydroxylation is 2. The quantitative estimate of drug-likeness (QED) is 0.766. The Morgan fingerprint density at radius 3 is 2.67 bits per heavy atom. The minimum absolute atomic E-state index is 0.0139. The van der Waals surface area contributed by atoms with Crippen LogP contribution in [0, 0.1) is 13.8 Å². The number of hydrogen-bond donors (Lipinski definition) is 1. The number of rotatable bonds is 7. The monoisotopic (exact) mass is 334 g/mol. The van der Waals surface area contributed by atoms with Crippen LogP contribution in [0.15, 0.2) is 18.2 Å². The average Bonchev–Trinajstić information content (AvgIpc) is 2.59. The summed E-state index contributed by atoms with van der Waals surface area (Å²) < 4.78 is 10.9. The molecule has 1 saturated heterocycles. The summed E-state index contributed by atoms with van der Waals surface area (Å²) in [4.78, 5) is 25.5. The van der Waals surface area contributed by atoms with E-state index in [0.717, 1.165) is 11.3 Å². The number of amides is 2. The van der Waals surface area contributed by atoms with Crippen LogP contribution in [0.25, 0.3) is 0 Å². The van der Waals surface area contributed by atoms with Crippen LogP contribution >= 0.6 is 0 Å². The van der Waals surface area contributed by atoms with Crippen molar-refractivity contribution in [1.82, 2.24) is 10.2 Å². The second-order valence-corrected chi connectivity index (χ2v) is 5.96. The highest BCUT2D eigenvalue weighted by atomic mass is 16.5. The molecule has 0 unspecified atom stereocenters. The van der Waals surface area contributed by atoms with Crippen molar-refractivity contribution in [1.29, 1.82) is 0 Å². The van der Waals surface area contributed by atoms with E-state index in [-0.39, 0.29) is 24.7 Å². The summed E-state index contributed by atoms with van der Waals surface area (Å²) in [5.74, 6) is 0.721. The predicted molar refractivity (Wildman–Crippen MR) is 91.1 cm³/mol. The van der Waals surface area contributed by atoms with Crippen LogP contribution < -0.4 is 10.1 Å². The van der Waals surface area contributed by atoms with E-state index in [0.29, 0.717) is 39.5 Å². The first-order chi connectivity index (χ1) is 11.6. The van der Waals surface area contributed by atoms with Gasteiger partial charge in [0.05, 0.1) is 19.8 Å². The molecule has 2 rings (SSSR count). The average molecular weight is 334 g/mol. The maximum atomic E-state index is 11.9. The van der Waals surface area contributed by atoms with E-state index >= 15 is 0 Å². The highest BCUT2D eigenvalue weighted by molar-refractivity contribution is 5.83. The van der Waals surface area contributed by atoms with Gasteiger partial charge in [-0.3, -0.25) is 9.59 Å². The van der Waals surface area contributed by atoms with Gasteiger partial charge in [0.1, 0.15) is 12.4 Å². The molecule has 0 bridgehead atoms. The van der Waals surface area contributed by atoms with Gasteiger partial charge >= 0.3 is 0 Å². The highest BCUT2D eigenvalue weighted by Gasteiger charge is 2.17. The molecule has 6 heteroatoms. The fourth-order valence-electron chi connectivity index (χ4n) is 2.59. The molecule has 0 spiro atoms. The molecule has 1 N–H and O–H groups in total. The standard InChI is InChI=1S/C18H26N2O4/c1-14-3-4-16(15(2)13-14)24-10-7-19-17(21)5-6-18(22)20-8-11-23-12-9-20/h3-4,13H,5-12H2,1-2H3,(H,19,21).